The molecule has 6 heteroatoms. The molecule has 0 fully saturated rings. The second-order valence-corrected chi connectivity index (χ2v) is 7.33. The van der Waals surface area contributed by atoms with Crippen LogP contribution in [0.2, 0.25) is 0 Å². The zero-order valence-electron chi connectivity index (χ0n) is 9.48. The summed E-state index contributed by atoms with van der Waals surface area (Å²) in [5.41, 5.74) is 1.81. The zero-order chi connectivity index (χ0) is 14.0. The van der Waals surface area contributed by atoms with E-state index in [0.29, 0.717) is 11.0 Å². The van der Waals surface area contributed by atoms with Gasteiger partial charge in [0.15, 0.2) is 0 Å². The van der Waals surface area contributed by atoms with E-state index in [9.17, 15) is 4.39 Å². The van der Waals surface area contributed by atoms with Gasteiger partial charge in [-0.3, -0.25) is 0 Å². The second kappa shape index (κ2) is 6.70. The average molecular weight is 517 g/mol. The van der Waals surface area contributed by atoms with E-state index in [1.807, 2.05) is 18.2 Å². The van der Waals surface area contributed by atoms with Gasteiger partial charge in [0.2, 0.25) is 0 Å². The number of halogens is 5. The molecule has 0 spiro atoms. The van der Waals surface area contributed by atoms with Crippen molar-refractivity contribution in [3.8, 4) is 0 Å². The molecule has 0 saturated heterocycles. The van der Waals surface area contributed by atoms with Crippen molar-refractivity contribution in [2.75, 3.05) is 5.32 Å². The Morgan fingerprint density at radius 2 is 1.53 bits per heavy atom. The Bertz CT molecular complexity index is 593. The second-order valence-electron chi connectivity index (χ2n) is 3.85. The maximum atomic E-state index is 13.4. The summed E-state index contributed by atoms with van der Waals surface area (Å²) >= 11 is 13.5. The Kier molecular flexibility index (Phi) is 5.45. The van der Waals surface area contributed by atoms with E-state index in [0.717, 1.165) is 24.7 Å². The van der Waals surface area contributed by atoms with Crippen LogP contribution < -0.4 is 5.32 Å². The minimum atomic E-state index is -0.256. The van der Waals surface area contributed by atoms with Crippen LogP contribution in [0.4, 0.5) is 10.1 Å². The first-order valence-electron chi connectivity index (χ1n) is 5.29. The van der Waals surface area contributed by atoms with E-state index in [1.54, 1.807) is 6.07 Å². The molecule has 0 aromatic heterocycles. The predicted octanol–water partition coefficient (Wildman–Crippen LogP) is 6.49. The Labute approximate surface area is 144 Å². The van der Waals surface area contributed by atoms with Crippen molar-refractivity contribution in [2.24, 2.45) is 0 Å². The third-order valence-corrected chi connectivity index (χ3v) is 4.81. The molecule has 19 heavy (non-hydrogen) atoms. The van der Waals surface area contributed by atoms with E-state index < -0.39 is 0 Å². The fourth-order valence-electron chi connectivity index (χ4n) is 1.55. The van der Waals surface area contributed by atoms with Gasteiger partial charge in [0.05, 0.1) is 10.2 Å². The van der Waals surface area contributed by atoms with Gasteiger partial charge in [0.1, 0.15) is 5.82 Å². The number of nitrogens with one attached hydrogen (secondary N) is 1. The number of hydrogen-bond acceptors (Lipinski definition) is 1. The van der Waals surface area contributed by atoms with Crippen LogP contribution in [0.1, 0.15) is 5.56 Å². The van der Waals surface area contributed by atoms with Gasteiger partial charge < -0.3 is 5.32 Å². The summed E-state index contributed by atoms with van der Waals surface area (Å²) < 4.78 is 16.7. The Morgan fingerprint density at radius 1 is 0.895 bits per heavy atom. The molecule has 0 amide bonds. The fraction of sp³-hybridized carbons (Fsp3) is 0.0769. The SMILES string of the molecule is Fc1cc(CNc2c(Br)cc(Br)cc2Br)ccc1Br. The minimum absolute atomic E-state index is 0.256. The quantitative estimate of drug-likeness (QED) is 0.492. The van der Waals surface area contributed by atoms with Crippen LogP contribution in [-0.2, 0) is 6.54 Å². The highest BCUT2D eigenvalue weighted by atomic mass is 79.9. The summed E-state index contributed by atoms with van der Waals surface area (Å²) in [6.45, 7) is 0.545. The van der Waals surface area contributed by atoms with Crippen LogP contribution in [0.5, 0.6) is 0 Å². The van der Waals surface area contributed by atoms with E-state index in [-0.39, 0.29) is 5.82 Å². The summed E-state index contributed by atoms with van der Waals surface area (Å²) in [5.74, 6) is -0.256. The largest absolute Gasteiger partial charge is 0.379 e. The third kappa shape index (κ3) is 4.03. The lowest BCUT2D eigenvalue weighted by Gasteiger charge is -2.12. The van der Waals surface area contributed by atoms with Gasteiger partial charge in [0.25, 0.3) is 0 Å². The normalized spacial score (nSPS) is 10.6. The first-order chi connectivity index (χ1) is 8.97. The van der Waals surface area contributed by atoms with E-state index >= 15 is 0 Å². The van der Waals surface area contributed by atoms with Gasteiger partial charge in [-0.25, -0.2) is 4.39 Å². The lowest BCUT2D eigenvalue weighted by molar-refractivity contribution is 0.619. The lowest BCUT2D eigenvalue weighted by atomic mass is 10.2. The van der Waals surface area contributed by atoms with Gasteiger partial charge in [0, 0.05) is 20.0 Å². The monoisotopic (exact) mass is 513 g/mol. The van der Waals surface area contributed by atoms with Gasteiger partial charge in [-0.1, -0.05) is 22.0 Å². The summed E-state index contributed by atoms with van der Waals surface area (Å²) in [6, 6.07) is 9.00. The third-order valence-electron chi connectivity index (χ3n) is 2.46. The summed E-state index contributed by atoms with van der Waals surface area (Å²) in [4.78, 5) is 0. The van der Waals surface area contributed by atoms with Crippen LogP contribution >= 0.6 is 63.7 Å². The highest BCUT2D eigenvalue weighted by Gasteiger charge is 2.07. The molecular weight excluding hydrogens is 509 g/mol. The Hall–Kier alpha value is 0.0900. The standard InChI is InChI=1S/C13H8Br4FN/c14-8-4-10(16)13(11(17)5-8)19-6-7-1-2-9(15)12(18)3-7/h1-5,19H,6H2. The molecule has 100 valence electrons. The van der Waals surface area contributed by atoms with Gasteiger partial charge in [-0.05, 0) is 77.6 Å². The van der Waals surface area contributed by atoms with Crippen LogP contribution in [0, 0.1) is 5.82 Å². The van der Waals surface area contributed by atoms with Crippen molar-refractivity contribution in [1.29, 1.82) is 0 Å². The fourth-order valence-corrected chi connectivity index (χ4v) is 4.34. The minimum Gasteiger partial charge on any atom is -0.379 e. The summed E-state index contributed by atoms with van der Waals surface area (Å²) in [7, 11) is 0. The molecule has 1 N–H and O–H groups in total. The van der Waals surface area contributed by atoms with Crippen molar-refractivity contribution < 1.29 is 4.39 Å². The molecule has 0 atom stereocenters. The molecule has 0 radical (unpaired) electrons. The van der Waals surface area contributed by atoms with Gasteiger partial charge in [-0.15, -0.1) is 0 Å². The topological polar surface area (TPSA) is 12.0 Å². The van der Waals surface area contributed by atoms with Crippen molar-refractivity contribution in [3.05, 3.63) is 59.6 Å². The molecule has 0 aliphatic heterocycles. The number of benzene rings is 2. The van der Waals surface area contributed by atoms with Crippen LogP contribution in [0.15, 0.2) is 48.2 Å². The molecule has 0 heterocycles. The highest BCUT2D eigenvalue weighted by Crippen LogP contribution is 2.34. The number of anilines is 1. The Morgan fingerprint density at radius 3 is 2.11 bits per heavy atom. The maximum Gasteiger partial charge on any atom is 0.137 e. The summed E-state index contributed by atoms with van der Waals surface area (Å²) in [6.07, 6.45) is 0. The zero-order valence-corrected chi connectivity index (χ0v) is 15.8. The smallest absolute Gasteiger partial charge is 0.137 e. The molecule has 0 bridgehead atoms. The molecule has 2 rings (SSSR count). The van der Waals surface area contributed by atoms with Gasteiger partial charge >= 0.3 is 0 Å². The van der Waals surface area contributed by atoms with E-state index in [1.165, 1.54) is 6.07 Å². The van der Waals surface area contributed by atoms with Crippen molar-refractivity contribution in [3.63, 3.8) is 0 Å². The first kappa shape index (κ1) is 15.5. The lowest BCUT2D eigenvalue weighted by Crippen LogP contribution is -2.01. The number of rotatable bonds is 3. The average Bonchev–Trinajstić information content (AvgIpc) is 2.32. The predicted molar refractivity (Wildman–Crippen MR) is 91.0 cm³/mol. The number of hydrogen-bond donors (Lipinski definition) is 1. The van der Waals surface area contributed by atoms with Crippen molar-refractivity contribution >= 4 is 69.4 Å². The van der Waals surface area contributed by atoms with E-state index in [2.05, 4.69) is 69.0 Å². The van der Waals surface area contributed by atoms with E-state index in [4.69, 9.17) is 0 Å². The molecule has 0 saturated carbocycles. The van der Waals surface area contributed by atoms with Crippen LogP contribution in [-0.4, -0.2) is 0 Å². The maximum absolute atomic E-state index is 13.4. The highest BCUT2D eigenvalue weighted by molar-refractivity contribution is 9.11. The first-order valence-corrected chi connectivity index (χ1v) is 8.47. The molecule has 1 nitrogen and oxygen atoms in total. The molecule has 0 aliphatic rings. The molecule has 2 aromatic rings. The molecule has 0 aliphatic carbocycles. The van der Waals surface area contributed by atoms with Gasteiger partial charge in [-0.2, -0.15) is 0 Å². The molecule has 2 aromatic carbocycles. The van der Waals surface area contributed by atoms with Crippen molar-refractivity contribution in [2.45, 2.75) is 6.54 Å². The molecular formula is C13H8Br4FN. The van der Waals surface area contributed by atoms with Crippen LogP contribution in [0.25, 0.3) is 0 Å². The molecule has 0 unspecified atom stereocenters. The Balaban J connectivity index is 2.16. The summed E-state index contributed by atoms with van der Waals surface area (Å²) in [5, 5.41) is 3.27. The van der Waals surface area contributed by atoms with Crippen molar-refractivity contribution in [1.82, 2.24) is 0 Å². The van der Waals surface area contributed by atoms with Crippen LogP contribution in [0.3, 0.4) is 0 Å².